The van der Waals surface area contributed by atoms with Gasteiger partial charge in [0.05, 0.1) is 18.5 Å². The summed E-state index contributed by atoms with van der Waals surface area (Å²) in [5.41, 5.74) is 7.27. The third-order valence-electron chi connectivity index (χ3n) is 3.84. The molecular formula is C14H22FN3O. The van der Waals surface area contributed by atoms with Crippen LogP contribution in [0.1, 0.15) is 12.8 Å². The van der Waals surface area contributed by atoms with E-state index in [1.165, 1.54) is 13.2 Å². The second kappa shape index (κ2) is 5.65. The van der Waals surface area contributed by atoms with Crippen LogP contribution in [0.5, 0.6) is 5.75 Å². The van der Waals surface area contributed by atoms with E-state index in [-0.39, 0.29) is 5.75 Å². The van der Waals surface area contributed by atoms with Gasteiger partial charge in [-0.05, 0) is 26.9 Å². The molecule has 0 spiro atoms. The van der Waals surface area contributed by atoms with E-state index in [2.05, 4.69) is 23.9 Å². The van der Waals surface area contributed by atoms with Crippen LogP contribution < -0.4 is 15.4 Å². The van der Waals surface area contributed by atoms with E-state index in [1.807, 2.05) is 0 Å². The number of piperidine rings is 1. The molecule has 5 heteroatoms. The zero-order valence-corrected chi connectivity index (χ0v) is 11.8. The monoisotopic (exact) mass is 267 g/mol. The topological polar surface area (TPSA) is 41.7 Å². The zero-order valence-electron chi connectivity index (χ0n) is 11.8. The average molecular weight is 267 g/mol. The highest BCUT2D eigenvalue weighted by molar-refractivity contribution is 5.70. The van der Waals surface area contributed by atoms with Crippen LogP contribution in [0.2, 0.25) is 0 Å². The Morgan fingerprint density at radius 3 is 2.47 bits per heavy atom. The van der Waals surface area contributed by atoms with Gasteiger partial charge in [-0.25, -0.2) is 4.39 Å². The summed E-state index contributed by atoms with van der Waals surface area (Å²) in [6.45, 7) is 1.86. The molecule has 1 fully saturated rings. The van der Waals surface area contributed by atoms with Crippen molar-refractivity contribution in [1.29, 1.82) is 0 Å². The number of methoxy groups -OCH3 is 1. The fourth-order valence-electron chi connectivity index (χ4n) is 2.61. The number of nitrogens with zero attached hydrogens (tertiary/aromatic N) is 2. The Bertz CT molecular complexity index is 443. The summed E-state index contributed by atoms with van der Waals surface area (Å²) in [5.74, 6) is -0.161. The quantitative estimate of drug-likeness (QED) is 0.850. The van der Waals surface area contributed by atoms with Gasteiger partial charge in [-0.2, -0.15) is 0 Å². The number of ether oxygens (including phenoxy) is 1. The van der Waals surface area contributed by atoms with Crippen LogP contribution in [-0.4, -0.2) is 45.2 Å². The van der Waals surface area contributed by atoms with Crippen LogP contribution in [0.15, 0.2) is 12.1 Å². The molecule has 1 aromatic rings. The van der Waals surface area contributed by atoms with E-state index >= 15 is 0 Å². The third kappa shape index (κ3) is 2.92. The van der Waals surface area contributed by atoms with Gasteiger partial charge in [0.2, 0.25) is 0 Å². The summed E-state index contributed by atoms with van der Waals surface area (Å²) in [7, 11) is 5.68. The molecule has 0 saturated carbocycles. The van der Waals surface area contributed by atoms with Crippen molar-refractivity contribution in [2.24, 2.45) is 0 Å². The summed E-state index contributed by atoms with van der Waals surface area (Å²) in [5, 5.41) is 0. The van der Waals surface area contributed by atoms with E-state index in [0.29, 0.717) is 11.7 Å². The van der Waals surface area contributed by atoms with Gasteiger partial charge < -0.3 is 20.3 Å². The summed E-state index contributed by atoms with van der Waals surface area (Å²) < 4.78 is 18.6. The lowest BCUT2D eigenvalue weighted by Gasteiger charge is -2.37. The van der Waals surface area contributed by atoms with E-state index in [1.54, 1.807) is 6.07 Å². The molecule has 4 nitrogen and oxygen atoms in total. The van der Waals surface area contributed by atoms with Crippen LogP contribution in [0.25, 0.3) is 0 Å². The smallest absolute Gasteiger partial charge is 0.167 e. The number of hydrogen-bond acceptors (Lipinski definition) is 4. The second-order valence-corrected chi connectivity index (χ2v) is 5.23. The molecule has 0 bridgehead atoms. The Labute approximate surface area is 113 Å². The molecule has 19 heavy (non-hydrogen) atoms. The summed E-state index contributed by atoms with van der Waals surface area (Å²) in [4.78, 5) is 4.46. The molecule has 0 aliphatic carbocycles. The molecule has 106 valence electrons. The van der Waals surface area contributed by atoms with Crippen molar-refractivity contribution in [3.05, 3.63) is 17.9 Å². The maximum atomic E-state index is 13.5. The molecule has 2 N–H and O–H groups in total. The number of anilines is 2. The van der Waals surface area contributed by atoms with Crippen molar-refractivity contribution >= 4 is 11.4 Å². The van der Waals surface area contributed by atoms with Gasteiger partial charge in [-0.3, -0.25) is 0 Å². The summed E-state index contributed by atoms with van der Waals surface area (Å²) in [6.07, 6.45) is 2.18. The Hall–Kier alpha value is -1.49. The van der Waals surface area contributed by atoms with Crippen LogP contribution in [0.3, 0.4) is 0 Å². The first kappa shape index (κ1) is 13.9. The molecule has 1 saturated heterocycles. The molecule has 0 radical (unpaired) electrons. The lowest BCUT2D eigenvalue weighted by atomic mass is 10.0. The molecular weight excluding hydrogens is 245 g/mol. The van der Waals surface area contributed by atoms with Gasteiger partial charge in [0.25, 0.3) is 0 Å². The van der Waals surface area contributed by atoms with Crippen molar-refractivity contribution < 1.29 is 9.13 Å². The van der Waals surface area contributed by atoms with Gasteiger partial charge in [0.1, 0.15) is 0 Å². The van der Waals surface area contributed by atoms with Gasteiger partial charge in [0, 0.05) is 31.3 Å². The average Bonchev–Trinajstić information content (AvgIpc) is 2.39. The lowest BCUT2D eigenvalue weighted by Crippen LogP contribution is -2.42. The predicted octanol–water partition coefficient (Wildman–Crippen LogP) is 1.95. The molecule has 1 aromatic carbocycles. The van der Waals surface area contributed by atoms with Gasteiger partial charge in [-0.15, -0.1) is 0 Å². The minimum absolute atomic E-state index is 0.249. The van der Waals surface area contributed by atoms with Gasteiger partial charge >= 0.3 is 0 Å². The molecule has 1 aliphatic heterocycles. The Morgan fingerprint density at radius 2 is 1.95 bits per heavy atom. The standard InChI is InChI=1S/C14H22FN3O/c1-17(2)10-4-6-18(7-5-10)13-9-14(19-3)11(15)8-12(13)16/h8-10H,4-7,16H2,1-3H3. The SMILES string of the molecule is COc1cc(N2CCC(N(C)C)CC2)c(N)cc1F. The first-order valence-corrected chi connectivity index (χ1v) is 6.57. The Kier molecular flexibility index (Phi) is 4.14. The molecule has 0 atom stereocenters. The number of nitrogen functional groups attached to an aromatic ring is 1. The highest BCUT2D eigenvalue weighted by atomic mass is 19.1. The van der Waals surface area contributed by atoms with Crippen molar-refractivity contribution in [2.75, 3.05) is 44.9 Å². The zero-order chi connectivity index (χ0) is 14.0. The molecule has 1 aliphatic rings. The van der Waals surface area contributed by atoms with E-state index in [0.717, 1.165) is 31.6 Å². The number of nitrogens with two attached hydrogens (primary N) is 1. The predicted molar refractivity (Wildman–Crippen MR) is 76.3 cm³/mol. The van der Waals surface area contributed by atoms with Crippen LogP contribution in [0.4, 0.5) is 15.8 Å². The number of hydrogen-bond donors (Lipinski definition) is 1. The molecule has 0 unspecified atom stereocenters. The lowest BCUT2D eigenvalue weighted by molar-refractivity contribution is 0.249. The summed E-state index contributed by atoms with van der Waals surface area (Å²) >= 11 is 0. The number of benzene rings is 1. The second-order valence-electron chi connectivity index (χ2n) is 5.23. The van der Waals surface area contributed by atoms with E-state index in [4.69, 9.17) is 10.5 Å². The Balaban J connectivity index is 2.15. The molecule has 0 amide bonds. The molecule has 0 aromatic heterocycles. The maximum absolute atomic E-state index is 13.5. The highest BCUT2D eigenvalue weighted by Gasteiger charge is 2.22. The minimum atomic E-state index is -0.410. The molecule has 2 rings (SSSR count). The third-order valence-corrected chi connectivity index (χ3v) is 3.84. The largest absolute Gasteiger partial charge is 0.494 e. The van der Waals surface area contributed by atoms with E-state index < -0.39 is 5.82 Å². The van der Waals surface area contributed by atoms with Crippen LogP contribution in [0, 0.1) is 5.82 Å². The maximum Gasteiger partial charge on any atom is 0.167 e. The fourth-order valence-corrected chi connectivity index (χ4v) is 2.61. The van der Waals surface area contributed by atoms with Crippen LogP contribution in [-0.2, 0) is 0 Å². The van der Waals surface area contributed by atoms with Crippen molar-refractivity contribution in [3.63, 3.8) is 0 Å². The minimum Gasteiger partial charge on any atom is -0.494 e. The number of rotatable bonds is 3. The van der Waals surface area contributed by atoms with Gasteiger partial charge in [0.15, 0.2) is 11.6 Å². The molecule has 1 heterocycles. The fraction of sp³-hybridized carbons (Fsp3) is 0.571. The van der Waals surface area contributed by atoms with E-state index in [9.17, 15) is 4.39 Å². The number of halogens is 1. The normalized spacial score (nSPS) is 17.0. The van der Waals surface area contributed by atoms with Crippen molar-refractivity contribution in [2.45, 2.75) is 18.9 Å². The Morgan fingerprint density at radius 1 is 1.32 bits per heavy atom. The van der Waals surface area contributed by atoms with Crippen LogP contribution >= 0.6 is 0 Å². The highest BCUT2D eigenvalue weighted by Crippen LogP contribution is 2.32. The summed E-state index contributed by atoms with van der Waals surface area (Å²) in [6, 6.07) is 3.65. The first-order valence-electron chi connectivity index (χ1n) is 6.57. The van der Waals surface area contributed by atoms with Gasteiger partial charge in [-0.1, -0.05) is 0 Å². The van der Waals surface area contributed by atoms with Crippen molar-refractivity contribution in [1.82, 2.24) is 4.90 Å². The van der Waals surface area contributed by atoms with Crippen molar-refractivity contribution in [3.8, 4) is 5.75 Å². The first-order chi connectivity index (χ1) is 9.02.